The molecule has 1 amide bonds. The first kappa shape index (κ1) is 14.4. The van der Waals surface area contributed by atoms with Gasteiger partial charge in [-0.15, -0.1) is 23.1 Å². The zero-order valence-electron chi connectivity index (χ0n) is 10.3. The Morgan fingerprint density at radius 2 is 2.37 bits per heavy atom. The topological polar surface area (TPSA) is 66.8 Å². The Morgan fingerprint density at radius 3 is 3.05 bits per heavy atom. The number of carbonyl (C=O) groups excluding carboxylic acids is 1. The van der Waals surface area contributed by atoms with E-state index in [4.69, 9.17) is 9.84 Å². The second-order valence-corrected chi connectivity index (χ2v) is 6.07. The molecule has 0 spiro atoms. The number of thioether (sulfide) groups is 1. The van der Waals surface area contributed by atoms with Crippen LogP contribution in [0.15, 0.2) is 17.5 Å². The standard InChI is InChI=1S/C12H15NO4S2/c14-11(7-18-8-12(15)16)13-3-4-17-9(6-13)10-2-1-5-19-10/h1-2,5,9H,3-4,6-8H2,(H,15,16). The molecule has 1 fully saturated rings. The van der Waals surface area contributed by atoms with Crippen molar-refractivity contribution in [1.82, 2.24) is 4.90 Å². The van der Waals surface area contributed by atoms with E-state index in [1.807, 2.05) is 17.5 Å². The zero-order chi connectivity index (χ0) is 13.7. The van der Waals surface area contributed by atoms with Crippen LogP contribution >= 0.6 is 23.1 Å². The first-order valence-electron chi connectivity index (χ1n) is 5.89. The van der Waals surface area contributed by atoms with E-state index in [1.165, 1.54) is 0 Å². The minimum absolute atomic E-state index is 0.0175. The second kappa shape index (κ2) is 6.93. The minimum atomic E-state index is -0.892. The summed E-state index contributed by atoms with van der Waals surface area (Å²) >= 11 is 2.75. The molecule has 1 aromatic heterocycles. The molecule has 0 radical (unpaired) electrons. The van der Waals surface area contributed by atoms with Crippen molar-refractivity contribution in [3.63, 3.8) is 0 Å². The first-order chi connectivity index (χ1) is 9.16. The van der Waals surface area contributed by atoms with Crippen LogP contribution < -0.4 is 0 Å². The van der Waals surface area contributed by atoms with Crippen molar-refractivity contribution in [1.29, 1.82) is 0 Å². The van der Waals surface area contributed by atoms with Crippen molar-refractivity contribution in [2.75, 3.05) is 31.2 Å². The summed E-state index contributed by atoms with van der Waals surface area (Å²) in [5.74, 6) is -0.735. The molecule has 2 heterocycles. The molecule has 0 aliphatic carbocycles. The maximum atomic E-state index is 12.0. The Bertz CT molecular complexity index is 435. The number of carboxylic acid groups (broad SMARTS) is 1. The summed E-state index contributed by atoms with van der Waals surface area (Å²) in [6.45, 7) is 1.65. The number of hydrogen-bond donors (Lipinski definition) is 1. The van der Waals surface area contributed by atoms with E-state index in [-0.39, 0.29) is 23.5 Å². The van der Waals surface area contributed by atoms with Gasteiger partial charge in [-0.2, -0.15) is 0 Å². The summed E-state index contributed by atoms with van der Waals surface area (Å²) in [6, 6.07) is 3.97. The molecule has 0 aromatic carbocycles. The maximum absolute atomic E-state index is 12.0. The van der Waals surface area contributed by atoms with E-state index in [1.54, 1.807) is 16.2 Å². The quantitative estimate of drug-likeness (QED) is 0.892. The van der Waals surface area contributed by atoms with Crippen LogP contribution in [0.2, 0.25) is 0 Å². The van der Waals surface area contributed by atoms with Crippen LogP contribution in [-0.4, -0.2) is 53.1 Å². The molecule has 1 N–H and O–H groups in total. The summed E-state index contributed by atoms with van der Waals surface area (Å²) in [5.41, 5.74) is 0. The van der Waals surface area contributed by atoms with Gasteiger partial charge in [0.25, 0.3) is 0 Å². The van der Waals surface area contributed by atoms with Crippen LogP contribution in [0.3, 0.4) is 0 Å². The van der Waals surface area contributed by atoms with Gasteiger partial charge < -0.3 is 14.7 Å². The molecule has 2 rings (SSSR count). The fourth-order valence-electron chi connectivity index (χ4n) is 1.84. The molecule has 1 saturated heterocycles. The van der Waals surface area contributed by atoms with Crippen molar-refractivity contribution in [2.45, 2.75) is 6.10 Å². The molecule has 1 aromatic rings. The number of ether oxygens (including phenoxy) is 1. The fourth-order valence-corrected chi connectivity index (χ4v) is 3.24. The third-order valence-electron chi connectivity index (χ3n) is 2.73. The van der Waals surface area contributed by atoms with Gasteiger partial charge in [-0.25, -0.2) is 0 Å². The Hall–Kier alpha value is -1.05. The summed E-state index contributed by atoms with van der Waals surface area (Å²) in [4.78, 5) is 25.2. The Kier molecular flexibility index (Phi) is 5.24. The van der Waals surface area contributed by atoms with Gasteiger partial charge in [0.1, 0.15) is 6.10 Å². The van der Waals surface area contributed by atoms with Gasteiger partial charge in [-0.1, -0.05) is 6.07 Å². The Labute approximate surface area is 119 Å². The highest BCUT2D eigenvalue weighted by Gasteiger charge is 2.25. The monoisotopic (exact) mass is 301 g/mol. The Morgan fingerprint density at radius 1 is 1.53 bits per heavy atom. The van der Waals surface area contributed by atoms with E-state index >= 15 is 0 Å². The molecule has 5 nitrogen and oxygen atoms in total. The lowest BCUT2D eigenvalue weighted by molar-refractivity contribution is -0.136. The smallest absolute Gasteiger partial charge is 0.313 e. The predicted molar refractivity (Wildman–Crippen MR) is 74.6 cm³/mol. The lowest BCUT2D eigenvalue weighted by atomic mass is 10.2. The maximum Gasteiger partial charge on any atom is 0.313 e. The summed E-state index contributed by atoms with van der Waals surface area (Å²) in [7, 11) is 0. The number of hydrogen-bond acceptors (Lipinski definition) is 5. The van der Waals surface area contributed by atoms with Crippen molar-refractivity contribution < 1.29 is 19.4 Å². The van der Waals surface area contributed by atoms with Crippen LogP contribution in [0.25, 0.3) is 0 Å². The summed E-state index contributed by atoms with van der Waals surface area (Å²) < 4.78 is 5.66. The normalized spacial score (nSPS) is 19.4. The van der Waals surface area contributed by atoms with Crippen LogP contribution in [0.5, 0.6) is 0 Å². The van der Waals surface area contributed by atoms with Crippen molar-refractivity contribution in [3.05, 3.63) is 22.4 Å². The average Bonchev–Trinajstić information content (AvgIpc) is 2.92. The van der Waals surface area contributed by atoms with Crippen molar-refractivity contribution in [3.8, 4) is 0 Å². The number of nitrogens with zero attached hydrogens (tertiary/aromatic N) is 1. The van der Waals surface area contributed by atoms with E-state index in [2.05, 4.69) is 0 Å². The molecular weight excluding hydrogens is 286 g/mol. The van der Waals surface area contributed by atoms with E-state index in [9.17, 15) is 9.59 Å². The number of thiophene rings is 1. The number of rotatable bonds is 5. The van der Waals surface area contributed by atoms with E-state index in [0.29, 0.717) is 19.7 Å². The van der Waals surface area contributed by atoms with Crippen LogP contribution in [0, 0.1) is 0 Å². The molecule has 1 atom stereocenters. The number of carbonyl (C=O) groups is 2. The predicted octanol–water partition coefficient (Wildman–Crippen LogP) is 1.47. The molecule has 19 heavy (non-hydrogen) atoms. The van der Waals surface area contributed by atoms with Crippen molar-refractivity contribution >= 4 is 35.0 Å². The Balaban J connectivity index is 1.83. The molecule has 1 unspecified atom stereocenters. The number of amides is 1. The van der Waals surface area contributed by atoms with E-state index < -0.39 is 5.97 Å². The SMILES string of the molecule is O=C(O)CSCC(=O)N1CCOC(c2cccs2)C1. The number of morpholine rings is 1. The van der Waals surface area contributed by atoms with Crippen LogP contribution in [-0.2, 0) is 14.3 Å². The van der Waals surface area contributed by atoms with Gasteiger partial charge in [0.15, 0.2) is 0 Å². The highest BCUT2D eigenvalue weighted by atomic mass is 32.2. The van der Waals surface area contributed by atoms with Crippen LogP contribution in [0.1, 0.15) is 11.0 Å². The highest BCUT2D eigenvalue weighted by Crippen LogP contribution is 2.26. The average molecular weight is 301 g/mol. The third-order valence-corrected chi connectivity index (χ3v) is 4.60. The van der Waals surface area contributed by atoms with Gasteiger partial charge >= 0.3 is 5.97 Å². The van der Waals surface area contributed by atoms with Gasteiger partial charge in [0, 0.05) is 11.4 Å². The summed E-state index contributed by atoms with van der Waals surface area (Å²) in [6.07, 6.45) is -0.0535. The lowest BCUT2D eigenvalue weighted by Gasteiger charge is -2.32. The largest absolute Gasteiger partial charge is 0.481 e. The first-order valence-corrected chi connectivity index (χ1v) is 7.92. The van der Waals surface area contributed by atoms with Gasteiger partial charge in [0.2, 0.25) is 5.91 Å². The lowest BCUT2D eigenvalue weighted by Crippen LogP contribution is -2.43. The molecule has 1 aliphatic rings. The minimum Gasteiger partial charge on any atom is -0.481 e. The van der Waals surface area contributed by atoms with Gasteiger partial charge in [-0.3, -0.25) is 9.59 Å². The molecule has 1 aliphatic heterocycles. The molecule has 0 saturated carbocycles. The molecular formula is C12H15NO4S2. The number of carboxylic acids is 1. The summed E-state index contributed by atoms with van der Waals surface area (Å²) in [5, 5.41) is 10.5. The van der Waals surface area contributed by atoms with Gasteiger partial charge in [-0.05, 0) is 11.4 Å². The van der Waals surface area contributed by atoms with Crippen LogP contribution in [0.4, 0.5) is 0 Å². The number of aliphatic carboxylic acids is 1. The third kappa shape index (κ3) is 4.22. The van der Waals surface area contributed by atoms with E-state index in [0.717, 1.165) is 16.6 Å². The van der Waals surface area contributed by atoms with Crippen molar-refractivity contribution in [2.24, 2.45) is 0 Å². The molecule has 104 valence electrons. The highest BCUT2D eigenvalue weighted by molar-refractivity contribution is 8.00. The second-order valence-electron chi connectivity index (χ2n) is 4.10. The van der Waals surface area contributed by atoms with Gasteiger partial charge in [0.05, 0.1) is 24.7 Å². The molecule has 0 bridgehead atoms. The fraction of sp³-hybridized carbons (Fsp3) is 0.500. The molecule has 7 heteroatoms. The zero-order valence-corrected chi connectivity index (χ0v) is 11.9.